The van der Waals surface area contributed by atoms with Crippen LogP contribution in [0.4, 0.5) is 5.69 Å². The summed E-state index contributed by atoms with van der Waals surface area (Å²) in [6.45, 7) is 3.93. The average molecular weight is 318 g/mol. The Bertz CT molecular complexity index is 602. The first kappa shape index (κ1) is 15.8. The van der Waals surface area contributed by atoms with Gasteiger partial charge in [-0.25, -0.2) is 0 Å². The molecule has 2 heterocycles. The molecule has 2 aliphatic heterocycles. The number of carbonyl (C=O) groups is 2. The molecule has 1 fully saturated rings. The van der Waals surface area contributed by atoms with Crippen LogP contribution in [0.3, 0.4) is 0 Å². The Morgan fingerprint density at radius 1 is 1.43 bits per heavy atom. The van der Waals surface area contributed by atoms with Gasteiger partial charge in [-0.05, 0) is 36.6 Å². The van der Waals surface area contributed by atoms with E-state index < -0.39 is 0 Å². The zero-order valence-electron chi connectivity index (χ0n) is 13.3. The Hall–Kier alpha value is -2.08. The fourth-order valence-electron chi connectivity index (χ4n) is 2.88. The van der Waals surface area contributed by atoms with Gasteiger partial charge >= 0.3 is 0 Å². The molecular formula is C17H22N2O4. The third kappa shape index (κ3) is 3.82. The maximum absolute atomic E-state index is 12.3. The molecule has 3 rings (SSSR count). The van der Waals surface area contributed by atoms with E-state index in [2.05, 4.69) is 12.2 Å². The number of amides is 2. The molecule has 0 radical (unpaired) electrons. The summed E-state index contributed by atoms with van der Waals surface area (Å²) >= 11 is 0. The van der Waals surface area contributed by atoms with E-state index in [1.54, 1.807) is 11.0 Å². The van der Waals surface area contributed by atoms with Gasteiger partial charge in [0.15, 0.2) is 6.61 Å². The van der Waals surface area contributed by atoms with Crippen molar-refractivity contribution in [3.05, 3.63) is 23.8 Å². The largest absolute Gasteiger partial charge is 0.484 e. The maximum atomic E-state index is 12.3. The Morgan fingerprint density at radius 2 is 2.30 bits per heavy atom. The van der Waals surface area contributed by atoms with Crippen LogP contribution in [-0.2, 0) is 20.7 Å². The average Bonchev–Trinajstić information content (AvgIpc) is 2.59. The monoisotopic (exact) mass is 318 g/mol. The van der Waals surface area contributed by atoms with Crippen molar-refractivity contribution < 1.29 is 19.1 Å². The number of benzene rings is 1. The van der Waals surface area contributed by atoms with E-state index in [0.717, 1.165) is 17.7 Å². The second-order valence-corrected chi connectivity index (χ2v) is 5.90. The van der Waals surface area contributed by atoms with E-state index in [4.69, 9.17) is 9.47 Å². The second kappa shape index (κ2) is 7.00. The summed E-state index contributed by atoms with van der Waals surface area (Å²) in [5.41, 5.74) is 1.88. The molecule has 0 aliphatic carbocycles. The molecule has 1 N–H and O–H groups in total. The van der Waals surface area contributed by atoms with Crippen molar-refractivity contribution in [2.45, 2.75) is 32.3 Å². The minimum absolute atomic E-state index is 0.0160. The van der Waals surface area contributed by atoms with Crippen LogP contribution in [0, 0.1) is 0 Å². The molecule has 2 aliphatic rings. The standard InChI is InChI=1S/C17H22N2O4/c1-2-13-10-19(7-8-22-13)17(21)11-23-14-4-5-15-12(9-14)3-6-16(20)18-15/h4-5,9,13H,2-3,6-8,10-11H2,1H3,(H,18,20)/t13-/m1/s1. The van der Waals surface area contributed by atoms with Crippen LogP contribution in [0.25, 0.3) is 0 Å². The predicted molar refractivity (Wildman–Crippen MR) is 85.5 cm³/mol. The lowest BCUT2D eigenvalue weighted by Gasteiger charge is -2.32. The first-order valence-electron chi connectivity index (χ1n) is 8.10. The van der Waals surface area contributed by atoms with E-state index in [1.807, 2.05) is 12.1 Å². The second-order valence-electron chi connectivity index (χ2n) is 5.90. The van der Waals surface area contributed by atoms with Gasteiger partial charge in [0.05, 0.1) is 12.7 Å². The lowest BCUT2D eigenvalue weighted by Crippen LogP contribution is -2.47. The molecule has 1 aromatic carbocycles. The molecule has 1 saturated heterocycles. The number of fused-ring (bicyclic) bond motifs is 1. The van der Waals surface area contributed by atoms with Gasteiger partial charge in [-0.3, -0.25) is 9.59 Å². The van der Waals surface area contributed by atoms with Gasteiger partial charge in [0.2, 0.25) is 5.91 Å². The molecule has 124 valence electrons. The number of anilines is 1. The molecule has 6 heteroatoms. The minimum Gasteiger partial charge on any atom is -0.484 e. The highest BCUT2D eigenvalue weighted by Gasteiger charge is 2.23. The predicted octanol–water partition coefficient (Wildman–Crippen LogP) is 1.59. The first-order valence-corrected chi connectivity index (χ1v) is 8.10. The van der Waals surface area contributed by atoms with Gasteiger partial charge in [-0.1, -0.05) is 6.92 Å². The van der Waals surface area contributed by atoms with E-state index in [-0.39, 0.29) is 24.5 Å². The quantitative estimate of drug-likeness (QED) is 0.915. The normalized spacial score (nSPS) is 20.7. The molecular weight excluding hydrogens is 296 g/mol. The smallest absolute Gasteiger partial charge is 0.260 e. The molecule has 1 aromatic rings. The van der Waals surface area contributed by atoms with Crippen LogP contribution < -0.4 is 10.1 Å². The molecule has 2 amide bonds. The zero-order chi connectivity index (χ0) is 16.2. The number of nitrogens with zero attached hydrogens (tertiary/aromatic N) is 1. The lowest BCUT2D eigenvalue weighted by molar-refractivity contribution is -0.141. The summed E-state index contributed by atoms with van der Waals surface area (Å²) < 4.78 is 11.2. The highest BCUT2D eigenvalue weighted by atomic mass is 16.5. The van der Waals surface area contributed by atoms with E-state index >= 15 is 0 Å². The fourth-order valence-corrected chi connectivity index (χ4v) is 2.88. The third-order valence-corrected chi connectivity index (χ3v) is 4.28. The van der Waals surface area contributed by atoms with E-state index in [1.165, 1.54) is 0 Å². The number of hydrogen-bond acceptors (Lipinski definition) is 4. The van der Waals surface area contributed by atoms with Crippen molar-refractivity contribution >= 4 is 17.5 Å². The minimum atomic E-state index is -0.0160. The Labute approximate surface area is 135 Å². The van der Waals surface area contributed by atoms with Crippen LogP contribution in [0.1, 0.15) is 25.3 Å². The van der Waals surface area contributed by atoms with Crippen molar-refractivity contribution in [2.24, 2.45) is 0 Å². The molecule has 0 saturated carbocycles. The van der Waals surface area contributed by atoms with Crippen LogP contribution >= 0.6 is 0 Å². The van der Waals surface area contributed by atoms with Crippen LogP contribution in [0.5, 0.6) is 5.75 Å². The molecule has 0 unspecified atom stereocenters. The van der Waals surface area contributed by atoms with Crippen molar-refractivity contribution in [3.63, 3.8) is 0 Å². The van der Waals surface area contributed by atoms with Crippen LogP contribution in [0.15, 0.2) is 18.2 Å². The first-order chi connectivity index (χ1) is 11.2. The van der Waals surface area contributed by atoms with Crippen LogP contribution in [0.2, 0.25) is 0 Å². The number of hydrogen-bond donors (Lipinski definition) is 1. The van der Waals surface area contributed by atoms with Crippen molar-refractivity contribution in [3.8, 4) is 5.75 Å². The van der Waals surface area contributed by atoms with Gasteiger partial charge in [-0.2, -0.15) is 0 Å². The molecule has 6 nitrogen and oxygen atoms in total. The fraction of sp³-hybridized carbons (Fsp3) is 0.529. The molecule has 23 heavy (non-hydrogen) atoms. The number of aryl methyl sites for hydroxylation is 1. The maximum Gasteiger partial charge on any atom is 0.260 e. The summed E-state index contributed by atoms with van der Waals surface area (Å²) in [5, 5.41) is 2.83. The van der Waals surface area contributed by atoms with Crippen molar-refractivity contribution in [2.75, 3.05) is 31.6 Å². The lowest BCUT2D eigenvalue weighted by atomic mass is 10.0. The number of nitrogens with one attached hydrogen (secondary N) is 1. The Morgan fingerprint density at radius 3 is 3.13 bits per heavy atom. The van der Waals surface area contributed by atoms with Gasteiger partial charge < -0.3 is 19.7 Å². The Balaban J connectivity index is 1.56. The molecule has 1 atom stereocenters. The van der Waals surface area contributed by atoms with Gasteiger partial charge in [0, 0.05) is 25.2 Å². The zero-order valence-corrected chi connectivity index (χ0v) is 13.3. The number of ether oxygens (including phenoxy) is 2. The summed E-state index contributed by atoms with van der Waals surface area (Å²) in [7, 11) is 0. The van der Waals surface area contributed by atoms with Gasteiger partial charge in [0.1, 0.15) is 5.75 Å². The van der Waals surface area contributed by atoms with Crippen LogP contribution in [-0.4, -0.2) is 49.1 Å². The van der Waals surface area contributed by atoms with Gasteiger partial charge in [-0.15, -0.1) is 0 Å². The molecule has 0 spiro atoms. The SMILES string of the molecule is CC[C@@H]1CN(C(=O)COc2ccc3c(c2)CCC(=O)N3)CCO1. The summed E-state index contributed by atoms with van der Waals surface area (Å²) in [4.78, 5) is 25.4. The van der Waals surface area contributed by atoms with E-state index in [0.29, 0.717) is 38.3 Å². The summed E-state index contributed by atoms with van der Waals surface area (Å²) in [6, 6.07) is 5.51. The topological polar surface area (TPSA) is 67.9 Å². The van der Waals surface area contributed by atoms with Crippen molar-refractivity contribution in [1.82, 2.24) is 4.90 Å². The third-order valence-electron chi connectivity index (χ3n) is 4.28. The molecule has 0 bridgehead atoms. The Kier molecular flexibility index (Phi) is 4.81. The number of carbonyl (C=O) groups excluding carboxylic acids is 2. The van der Waals surface area contributed by atoms with Gasteiger partial charge in [0.25, 0.3) is 5.91 Å². The highest BCUT2D eigenvalue weighted by Crippen LogP contribution is 2.26. The van der Waals surface area contributed by atoms with E-state index in [9.17, 15) is 9.59 Å². The number of morpholine rings is 1. The summed E-state index contributed by atoms with van der Waals surface area (Å²) in [5.74, 6) is 0.686. The highest BCUT2D eigenvalue weighted by molar-refractivity contribution is 5.94. The summed E-state index contributed by atoms with van der Waals surface area (Å²) in [6.07, 6.45) is 2.22. The molecule has 0 aromatic heterocycles. The van der Waals surface area contributed by atoms with Crippen molar-refractivity contribution in [1.29, 1.82) is 0 Å². The number of rotatable bonds is 4.